The van der Waals surface area contributed by atoms with E-state index in [1.807, 2.05) is 18.2 Å². The summed E-state index contributed by atoms with van der Waals surface area (Å²) in [5, 5.41) is 9.68. The van der Waals surface area contributed by atoms with Crippen LogP contribution in [0.5, 0.6) is 5.75 Å². The predicted octanol–water partition coefficient (Wildman–Crippen LogP) is 2.93. The van der Waals surface area contributed by atoms with E-state index in [1.165, 1.54) is 17.5 Å². The molecule has 1 aromatic carbocycles. The van der Waals surface area contributed by atoms with Crippen molar-refractivity contribution in [2.75, 3.05) is 13.1 Å². The zero-order chi connectivity index (χ0) is 12.7. The average molecular weight is 243 g/mol. The molecule has 0 amide bonds. The first-order chi connectivity index (χ1) is 8.69. The number of hydrogen-bond acceptors (Lipinski definition) is 2. The van der Waals surface area contributed by atoms with Gasteiger partial charge in [0.15, 0.2) is 0 Å². The number of hydrogen-bond donors (Lipinski definition) is 1. The fourth-order valence-electron chi connectivity index (χ4n) is 3.72. The summed E-state index contributed by atoms with van der Waals surface area (Å²) in [5.41, 5.74) is 2.81. The summed E-state index contributed by atoms with van der Waals surface area (Å²) in [7, 11) is 0. The fraction of sp³-hybridized carbons (Fsp3) is 0.500. The zero-order valence-corrected chi connectivity index (χ0v) is 11.0. The van der Waals surface area contributed by atoms with Crippen LogP contribution in [0.15, 0.2) is 30.9 Å². The molecule has 2 bridgehead atoms. The third kappa shape index (κ3) is 1.85. The van der Waals surface area contributed by atoms with Gasteiger partial charge in [-0.15, -0.1) is 6.58 Å². The summed E-state index contributed by atoms with van der Waals surface area (Å²) in [4.78, 5) is 2.56. The molecule has 3 rings (SSSR count). The molecule has 0 radical (unpaired) electrons. The minimum absolute atomic E-state index is 0.410. The van der Waals surface area contributed by atoms with E-state index in [4.69, 9.17) is 0 Å². The van der Waals surface area contributed by atoms with Gasteiger partial charge in [0, 0.05) is 19.1 Å². The van der Waals surface area contributed by atoms with Gasteiger partial charge in [0.2, 0.25) is 0 Å². The lowest BCUT2D eigenvalue weighted by Gasteiger charge is -2.47. The Bertz CT molecular complexity index is 468. The van der Waals surface area contributed by atoms with Crippen LogP contribution in [0.1, 0.15) is 30.4 Å². The molecule has 1 aromatic rings. The third-order valence-electron chi connectivity index (χ3n) is 4.60. The Balaban J connectivity index is 1.96. The van der Waals surface area contributed by atoms with Gasteiger partial charge < -0.3 is 5.11 Å². The molecular weight excluding hydrogens is 222 g/mol. The van der Waals surface area contributed by atoms with Gasteiger partial charge in [-0.2, -0.15) is 0 Å². The van der Waals surface area contributed by atoms with Crippen LogP contribution in [0, 0.1) is 5.92 Å². The lowest BCUT2D eigenvalue weighted by Crippen LogP contribution is -2.49. The lowest BCUT2D eigenvalue weighted by molar-refractivity contribution is 0.0989. The highest BCUT2D eigenvalue weighted by Gasteiger charge is 2.38. The second-order valence-electron chi connectivity index (χ2n) is 5.80. The quantitative estimate of drug-likeness (QED) is 0.807. The number of piperidine rings is 1. The van der Waals surface area contributed by atoms with Gasteiger partial charge in [-0.25, -0.2) is 0 Å². The normalized spacial score (nSPS) is 30.8. The van der Waals surface area contributed by atoms with Crippen LogP contribution in [0.2, 0.25) is 0 Å². The molecule has 0 saturated carbocycles. The van der Waals surface area contributed by atoms with E-state index in [0.717, 1.165) is 19.5 Å². The van der Waals surface area contributed by atoms with Crippen molar-refractivity contribution >= 4 is 0 Å². The Kier molecular flexibility index (Phi) is 2.90. The highest BCUT2D eigenvalue weighted by Crippen LogP contribution is 2.43. The maximum atomic E-state index is 9.68. The summed E-state index contributed by atoms with van der Waals surface area (Å²) >= 11 is 0. The molecule has 18 heavy (non-hydrogen) atoms. The SMILES string of the molecule is C=CCN1C[C@@H](C)[C@@H]2C[C@H]1Cc1ccc(O)cc12. The van der Waals surface area contributed by atoms with Crippen molar-refractivity contribution in [1.29, 1.82) is 0 Å². The van der Waals surface area contributed by atoms with E-state index in [2.05, 4.69) is 24.5 Å². The van der Waals surface area contributed by atoms with E-state index < -0.39 is 0 Å². The highest BCUT2D eigenvalue weighted by atomic mass is 16.3. The van der Waals surface area contributed by atoms with Crippen molar-refractivity contribution in [2.45, 2.75) is 31.7 Å². The molecule has 0 unspecified atom stereocenters. The molecule has 2 nitrogen and oxygen atoms in total. The summed E-state index contributed by atoms with van der Waals surface area (Å²) < 4.78 is 0. The topological polar surface area (TPSA) is 23.5 Å². The Morgan fingerprint density at radius 3 is 3.11 bits per heavy atom. The molecule has 0 aromatic heterocycles. The Labute approximate surface area is 109 Å². The molecule has 1 N–H and O–H groups in total. The largest absolute Gasteiger partial charge is 0.508 e. The molecule has 1 aliphatic carbocycles. The summed E-state index contributed by atoms with van der Waals surface area (Å²) in [6, 6.07) is 6.56. The second-order valence-corrected chi connectivity index (χ2v) is 5.80. The second kappa shape index (κ2) is 4.43. The minimum atomic E-state index is 0.410. The smallest absolute Gasteiger partial charge is 0.115 e. The standard InChI is InChI=1S/C16H21NO/c1-3-6-17-10-11(2)15-8-13(17)7-12-4-5-14(18)9-16(12)15/h3-5,9,11,13,15,18H,1,6-8,10H2,2H3/t11-,13-,15+/m1/s1. The van der Waals surface area contributed by atoms with Crippen molar-refractivity contribution in [1.82, 2.24) is 4.90 Å². The van der Waals surface area contributed by atoms with Gasteiger partial charge in [0.05, 0.1) is 0 Å². The van der Waals surface area contributed by atoms with Crippen LogP contribution in [-0.4, -0.2) is 29.1 Å². The molecule has 1 saturated heterocycles. The van der Waals surface area contributed by atoms with Crippen LogP contribution in [0.3, 0.4) is 0 Å². The highest BCUT2D eigenvalue weighted by molar-refractivity contribution is 5.40. The van der Waals surface area contributed by atoms with Crippen LogP contribution in [0.4, 0.5) is 0 Å². The number of fused-ring (bicyclic) bond motifs is 4. The number of phenolic OH excluding ortho intramolecular Hbond substituents is 1. The number of aromatic hydroxyl groups is 1. The van der Waals surface area contributed by atoms with Crippen molar-refractivity contribution < 1.29 is 5.11 Å². The van der Waals surface area contributed by atoms with Crippen LogP contribution < -0.4 is 0 Å². The van der Waals surface area contributed by atoms with Gasteiger partial charge >= 0.3 is 0 Å². The molecule has 0 spiro atoms. The Hall–Kier alpha value is -1.28. The molecule has 1 aliphatic heterocycles. The first kappa shape index (κ1) is 11.8. The van der Waals surface area contributed by atoms with Crippen LogP contribution in [-0.2, 0) is 6.42 Å². The van der Waals surface area contributed by atoms with Crippen molar-refractivity contribution in [3.05, 3.63) is 42.0 Å². The minimum Gasteiger partial charge on any atom is -0.508 e. The molecule has 3 atom stereocenters. The summed E-state index contributed by atoms with van der Waals surface area (Å²) in [6.07, 6.45) is 4.36. The number of likely N-dealkylation sites (tertiary alicyclic amines) is 1. The van der Waals surface area contributed by atoms with Crippen molar-refractivity contribution in [2.24, 2.45) is 5.92 Å². The fourth-order valence-corrected chi connectivity index (χ4v) is 3.72. The maximum Gasteiger partial charge on any atom is 0.115 e. The molecular formula is C16H21NO. The predicted molar refractivity (Wildman–Crippen MR) is 73.9 cm³/mol. The van der Waals surface area contributed by atoms with E-state index in [9.17, 15) is 5.11 Å². The van der Waals surface area contributed by atoms with E-state index in [-0.39, 0.29) is 0 Å². The van der Waals surface area contributed by atoms with Crippen molar-refractivity contribution in [3.8, 4) is 5.75 Å². The molecule has 2 heteroatoms. The van der Waals surface area contributed by atoms with E-state index >= 15 is 0 Å². The van der Waals surface area contributed by atoms with Gasteiger partial charge in [-0.3, -0.25) is 4.90 Å². The monoisotopic (exact) mass is 243 g/mol. The zero-order valence-electron chi connectivity index (χ0n) is 11.0. The molecule has 1 heterocycles. The van der Waals surface area contributed by atoms with E-state index in [0.29, 0.717) is 23.6 Å². The van der Waals surface area contributed by atoms with Crippen LogP contribution in [0.25, 0.3) is 0 Å². The number of nitrogens with zero attached hydrogens (tertiary/aromatic N) is 1. The maximum absolute atomic E-state index is 9.68. The summed E-state index contributed by atoms with van der Waals surface area (Å²) in [6.45, 7) is 8.34. The van der Waals surface area contributed by atoms with Gasteiger partial charge in [-0.05, 0) is 47.9 Å². The number of benzene rings is 1. The van der Waals surface area contributed by atoms with Crippen LogP contribution >= 0.6 is 0 Å². The molecule has 1 fully saturated rings. The third-order valence-corrected chi connectivity index (χ3v) is 4.60. The molecule has 2 aliphatic rings. The Morgan fingerprint density at radius 1 is 1.50 bits per heavy atom. The number of phenols is 1. The Morgan fingerprint density at radius 2 is 2.33 bits per heavy atom. The average Bonchev–Trinajstić information content (AvgIpc) is 2.36. The summed E-state index contributed by atoms with van der Waals surface area (Å²) in [5.74, 6) is 1.68. The first-order valence-corrected chi connectivity index (χ1v) is 6.85. The van der Waals surface area contributed by atoms with Gasteiger partial charge in [0.25, 0.3) is 0 Å². The van der Waals surface area contributed by atoms with E-state index in [1.54, 1.807) is 0 Å². The lowest BCUT2D eigenvalue weighted by atomic mass is 9.71. The van der Waals surface area contributed by atoms with Gasteiger partial charge in [-0.1, -0.05) is 19.1 Å². The van der Waals surface area contributed by atoms with Gasteiger partial charge in [0.1, 0.15) is 5.75 Å². The molecule has 96 valence electrons. The first-order valence-electron chi connectivity index (χ1n) is 6.85. The van der Waals surface area contributed by atoms with Crippen molar-refractivity contribution in [3.63, 3.8) is 0 Å². The number of rotatable bonds is 2.